The van der Waals surface area contributed by atoms with E-state index in [4.69, 9.17) is 4.74 Å². The van der Waals surface area contributed by atoms with Crippen LogP contribution in [0, 0.1) is 0 Å². The summed E-state index contributed by atoms with van der Waals surface area (Å²) in [6.45, 7) is 2.10. The molecule has 0 N–H and O–H groups in total. The van der Waals surface area contributed by atoms with Gasteiger partial charge in [0.1, 0.15) is 5.69 Å². The van der Waals surface area contributed by atoms with Gasteiger partial charge in [-0.3, -0.25) is 9.78 Å². The lowest BCUT2D eigenvalue weighted by atomic mass is 10.1. The average Bonchev–Trinajstić information content (AvgIpc) is 3.07. The van der Waals surface area contributed by atoms with Gasteiger partial charge in [0.2, 0.25) is 0 Å². The van der Waals surface area contributed by atoms with E-state index >= 15 is 0 Å². The van der Waals surface area contributed by atoms with E-state index in [9.17, 15) is 4.79 Å². The summed E-state index contributed by atoms with van der Waals surface area (Å²) in [5.41, 5.74) is 0.514. The zero-order valence-electron chi connectivity index (χ0n) is 11.8. The number of carbonyl (C=O) groups is 1. The molecule has 1 saturated heterocycles. The largest absolute Gasteiger partial charge is 0.381 e. The highest BCUT2D eigenvalue weighted by Crippen LogP contribution is 2.21. The van der Waals surface area contributed by atoms with E-state index in [0.717, 1.165) is 26.1 Å². The molecule has 1 aliphatic heterocycles. The molecule has 0 aliphatic carbocycles. The minimum absolute atomic E-state index is 0.0101. The van der Waals surface area contributed by atoms with Gasteiger partial charge in [-0.25, -0.2) is 0 Å². The first kappa shape index (κ1) is 14.2. The van der Waals surface area contributed by atoms with E-state index < -0.39 is 0 Å². The first-order chi connectivity index (χ1) is 10.3. The van der Waals surface area contributed by atoms with E-state index in [1.165, 1.54) is 4.88 Å². The van der Waals surface area contributed by atoms with Crippen molar-refractivity contribution in [1.82, 2.24) is 9.88 Å². The molecule has 21 heavy (non-hydrogen) atoms. The number of pyridine rings is 1. The van der Waals surface area contributed by atoms with Gasteiger partial charge in [-0.15, -0.1) is 11.3 Å². The smallest absolute Gasteiger partial charge is 0.273 e. The molecule has 1 fully saturated rings. The maximum absolute atomic E-state index is 12.8. The highest BCUT2D eigenvalue weighted by molar-refractivity contribution is 7.09. The molecule has 0 atom stereocenters. The van der Waals surface area contributed by atoms with Crippen molar-refractivity contribution >= 4 is 17.2 Å². The summed E-state index contributed by atoms with van der Waals surface area (Å²) in [5.74, 6) is 0.0101. The lowest BCUT2D eigenvalue weighted by molar-refractivity contribution is 0.0266. The van der Waals surface area contributed by atoms with Crippen molar-refractivity contribution in [3.05, 3.63) is 52.5 Å². The van der Waals surface area contributed by atoms with Gasteiger partial charge in [-0.05, 0) is 36.4 Å². The molecule has 0 bridgehead atoms. The predicted octanol–water partition coefficient (Wildman–Crippen LogP) is 2.96. The highest BCUT2D eigenvalue weighted by Gasteiger charge is 2.27. The molecule has 2 aromatic heterocycles. The monoisotopic (exact) mass is 302 g/mol. The van der Waals surface area contributed by atoms with Gasteiger partial charge in [0.05, 0.1) is 6.54 Å². The van der Waals surface area contributed by atoms with E-state index in [2.05, 4.69) is 11.1 Å². The third-order valence-electron chi connectivity index (χ3n) is 3.68. The van der Waals surface area contributed by atoms with Crippen LogP contribution in [-0.4, -0.2) is 35.0 Å². The van der Waals surface area contributed by atoms with E-state index in [1.54, 1.807) is 23.6 Å². The van der Waals surface area contributed by atoms with Crippen molar-refractivity contribution < 1.29 is 9.53 Å². The fourth-order valence-electron chi connectivity index (χ4n) is 2.57. The summed E-state index contributed by atoms with van der Waals surface area (Å²) in [6.07, 6.45) is 3.45. The Hall–Kier alpha value is -1.72. The molecule has 2 aromatic rings. The lowest BCUT2D eigenvalue weighted by Crippen LogP contribution is -2.43. The number of ether oxygens (including phenoxy) is 1. The molecule has 1 aliphatic rings. The van der Waals surface area contributed by atoms with E-state index in [-0.39, 0.29) is 11.9 Å². The molecule has 0 spiro atoms. The van der Waals surface area contributed by atoms with E-state index in [1.807, 2.05) is 28.5 Å². The minimum atomic E-state index is 0.0101. The first-order valence-electron chi connectivity index (χ1n) is 7.17. The van der Waals surface area contributed by atoms with Gasteiger partial charge >= 0.3 is 0 Å². The molecule has 0 radical (unpaired) electrons. The number of hydrogen-bond donors (Lipinski definition) is 0. The van der Waals surface area contributed by atoms with Gasteiger partial charge in [0.15, 0.2) is 0 Å². The van der Waals surface area contributed by atoms with Crippen molar-refractivity contribution in [2.24, 2.45) is 0 Å². The Balaban J connectivity index is 1.82. The minimum Gasteiger partial charge on any atom is -0.381 e. The van der Waals surface area contributed by atoms with Crippen LogP contribution < -0.4 is 0 Å². The van der Waals surface area contributed by atoms with Crippen molar-refractivity contribution in [2.45, 2.75) is 25.4 Å². The van der Waals surface area contributed by atoms with Crippen LogP contribution >= 0.6 is 11.3 Å². The molecule has 110 valence electrons. The molecule has 1 amide bonds. The van der Waals surface area contributed by atoms with Crippen LogP contribution in [-0.2, 0) is 11.3 Å². The third-order valence-corrected chi connectivity index (χ3v) is 4.54. The second-order valence-electron chi connectivity index (χ2n) is 5.07. The Kier molecular flexibility index (Phi) is 4.62. The molecule has 5 heteroatoms. The van der Waals surface area contributed by atoms with Crippen molar-refractivity contribution in [2.75, 3.05) is 13.2 Å². The number of aromatic nitrogens is 1. The Bertz CT molecular complexity index is 565. The Morgan fingerprint density at radius 3 is 2.81 bits per heavy atom. The summed E-state index contributed by atoms with van der Waals surface area (Å²) >= 11 is 1.68. The molecule has 3 heterocycles. The number of rotatable bonds is 4. The van der Waals surface area contributed by atoms with Crippen LogP contribution in [0.25, 0.3) is 0 Å². The molecular formula is C16H18N2O2S. The van der Waals surface area contributed by atoms with Crippen LogP contribution in [0.1, 0.15) is 28.2 Å². The second-order valence-corrected chi connectivity index (χ2v) is 6.10. The molecule has 3 rings (SSSR count). The van der Waals surface area contributed by atoms with Crippen LogP contribution in [0.15, 0.2) is 41.9 Å². The van der Waals surface area contributed by atoms with Crippen LogP contribution in [0.3, 0.4) is 0 Å². The summed E-state index contributed by atoms with van der Waals surface area (Å²) < 4.78 is 5.42. The van der Waals surface area contributed by atoms with Crippen LogP contribution in [0.2, 0.25) is 0 Å². The Morgan fingerprint density at radius 1 is 1.29 bits per heavy atom. The SMILES string of the molecule is O=C(c1ccccn1)N(Cc1cccs1)C1CCOCC1. The van der Waals surface area contributed by atoms with Crippen molar-refractivity contribution in [1.29, 1.82) is 0 Å². The second kappa shape index (κ2) is 6.83. The number of hydrogen-bond acceptors (Lipinski definition) is 4. The third kappa shape index (κ3) is 3.49. The summed E-state index contributed by atoms with van der Waals surface area (Å²) in [4.78, 5) is 20.2. The van der Waals surface area contributed by atoms with Gasteiger partial charge in [-0.1, -0.05) is 12.1 Å². The average molecular weight is 302 g/mol. The maximum Gasteiger partial charge on any atom is 0.273 e. The summed E-state index contributed by atoms with van der Waals surface area (Å²) in [7, 11) is 0. The van der Waals surface area contributed by atoms with Gasteiger partial charge < -0.3 is 9.64 Å². The maximum atomic E-state index is 12.8. The Labute approximate surface area is 128 Å². The fraction of sp³-hybridized carbons (Fsp3) is 0.375. The molecule has 0 saturated carbocycles. The van der Waals surface area contributed by atoms with Gasteiger partial charge in [0.25, 0.3) is 5.91 Å². The molecule has 0 aromatic carbocycles. The predicted molar refractivity (Wildman–Crippen MR) is 82.3 cm³/mol. The molecule has 0 unspecified atom stereocenters. The van der Waals surface area contributed by atoms with Crippen molar-refractivity contribution in [3.8, 4) is 0 Å². The van der Waals surface area contributed by atoms with E-state index in [0.29, 0.717) is 12.2 Å². The highest BCUT2D eigenvalue weighted by atomic mass is 32.1. The standard InChI is InChI=1S/C16H18N2O2S/c19-16(15-5-1-2-8-17-15)18(12-14-4-3-11-21-14)13-6-9-20-10-7-13/h1-5,8,11,13H,6-7,9-10,12H2. The molecule has 4 nitrogen and oxygen atoms in total. The quantitative estimate of drug-likeness (QED) is 0.872. The number of thiophene rings is 1. The molecular weight excluding hydrogens is 284 g/mol. The van der Waals surface area contributed by atoms with Gasteiger partial charge in [0, 0.05) is 30.3 Å². The van der Waals surface area contributed by atoms with Crippen LogP contribution in [0.4, 0.5) is 0 Å². The topological polar surface area (TPSA) is 42.4 Å². The lowest BCUT2D eigenvalue weighted by Gasteiger charge is -2.34. The zero-order valence-corrected chi connectivity index (χ0v) is 12.6. The van der Waals surface area contributed by atoms with Crippen molar-refractivity contribution in [3.63, 3.8) is 0 Å². The number of amides is 1. The summed E-state index contributed by atoms with van der Waals surface area (Å²) in [6, 6.07) is 9.79. The van der Waals surface area contributed by atoms with Gasteiger partial charge in [-0.2, -0.15) is 0 Å². The number of carbonyl (C=O) groups excluding carboxylic acids is 1. The first-order valence-corrected chi connectivity index (χ1v) is 8.04. The number of nitrogens with zero attached hydrogens (tertiary/aromatic N) is 2. The Morgan fingerprint density at radius 2 is 2.14 bits per heavy atom. The fourth-order valence-corrected chi connectivity index (χ4v) is 3.27. The summed E-state index contributed by atoms with van der Waals surface area (Å²) in [5, 5.41) is 2.04. The zero-order chi connectivity index (χ0) is 14.5. The normalized spacial score (nSPS) is 15.8. The van der Waals surface area contributed by atoms with Crippen LogP contribution in [0.5, 0.6) is 0 Å².